The van der Waals surface area contributed by atoms with Gasteiger partial charge in [0.1, 0.15) is 11.5 Å². The highest BCUT2D eigenvalue weighted by Crippen LogP contribution is 2.27. The second-order valence-electron chi connectivity index (χ2n) is 7.91. The maximum Gasteiger partial charge on any atom is 0.573 e. The number of hydrogen-bond acceptors (Lipinski definition) is 4. The number of methoxy groups -OCH3 is 1. The predicted molar refractivity (Wildman–Crippen MR) is 116 cm³/mol. The van der Waals surface area contributed by atoms with E-state index in [0.717, 1.165) is 36.4 Å². The van der Waals surface area contributed by atoms with E-state index in [4.69, 9.17) is 4.74 Å². The van der Waals surface area contributed by atoms with Gasteiger partial charge in [-0.3, -0.25) is 9.69 Å². The predicted octanol–water partition coefficient (Wildman–Crippen LogP) is 4.82. The minimum Gasteiger partial charge on any atom is -0.497 e. The molecule has 5 nitrogen and oxygen atoms in total. The van der Waals surface area contributed by atoms with Crippen molar-refractivity contribution in [3.05, 3.63) is 59.7 Å². The molecule has 0 spiro atoms. The Balaban J connectivity index is 1.50. The quantitative estimate of drug-likeness (QED) is 0.607. The average molecular weight is 451 g/mol. The van der Waals surface area contributed by atoms with Crippen molar-refractivity contribution >= 4 is 5.91 Å². The van der Waals surface area contributed by atoms with Gasteiger partial charge in [0.15, 0.2) is 0 Å². The van der Waals surface area contributed by atoms with Crippen molar-refractivity contribution in [2.75, 3.05) is 33.3 Å². The average Bonchev–Trinajstić information content (AvgIpc) is 3.03. The Labute approximate surface area is 186 Å². The van der Waals surface area contributed by atoms with Gasteiger partial charge in [-0.25, -0.2) is 0 Å². The Kier molecular flexibility index (Phi) is 8.01. The molecule has 1 heterocycles. The van der Waals surface area contributed by atoms with E-state index in [1.54, 1.807) is 19.2 Å². The zero-order chi connectivity index (χ0) is 23.1. The molecular formula is C24H29F3N2O3. The SMILES string of the molecule is COc1ccc(CCC(=O)N2CCCN(C(C)c3ccc(OC(F)(F)F)cc3)CC2)cc1. The number of rotatable bonds is 7. The molecule has 0 aliphatic carbocycles. The van der Waals surface area contributed by atoms with Crippen LogP contribution in [0.5, 0.6) is 11.5 Å². The number of carbonyl (C=O) groups excluding carboxylic acids is 1. The molecule has 1 fully saturated rings. The molecule has 32 heavy (non-hydrogen) atoms. The van der Waals surface area contributed by atoms with Crippen LogP contribution in [0.15, 0.2) is 48.5 Å². The lowest BCUT2D eigenvalue weighted by Gasteiger charge is -2.28. The second-order valence-corrected chi connectivity index (χ2v) is 7.91. The number of nitrogens with zero attached hydrogens (tertiary/aromatic N) is 2. The van der Waals surface area contributed by atoms with Crippen molar-refractivity contribution in [2.24, 2.45) is 0 Å². The van der Waals surface area contributed by atoms with E-state index in [1.807, 2.05) is 36.1 Å². The Morgan fingerprint density at radius 1 is 0.969 bits per heavy atom. The fourth-order valence-corrected chi connectivity index (χ4v) is 3.93. The number of hydrogen-bond donors (Lipinski definition) is 0. The topological polar surface area (TPSA) is 42.0 Å². The molecule has 0 N–H and O–H groups in total. The minimum atomic E-state index is -4.69. The molecule has 2 aromatic carbocycles. The smallest absolute Gasteiger partial charge is 0.497 e. The number of carbonyl (C=O) groups is 1. The summed E-state index contributed by atoms with van der Waals surface area (Å²) in [5.41, 5.74) is 2.01. The first-order chi connectivity index (χ1) is 15.2. The Bertz CT molecular complexity index is 870. The zero-order valence-electron chi connectivity index (χ0n) is 18.4. The van der Waals surface area contributed by atoms with Gasteiger partial charge in [0.25, 0.3) is 0 Å². The number of benzene rings is 2. The molecule has 0 radical (unpaired) electrons. The van der Waals surface area contributed by atoms with Crippen LogP contribution in [-0.4, -0.2) is 55.4 Å². The van der Waals surface area contributed by atoms with Gasteiger partial charge >= 0.3 is 6.36 Å². The first kappa shape index (κ1) is 23.9. The summed E-state index contributed by atoms with van der Waals surface area (Å²) in [7, 11) is 1.62. The Morgan fingerprint density at radius 3 is 2.25 bits per heavy atom. The highest BCUT2D eigenvalue weighted by Gasteiger charge is 2.31. The van der Waals surface area contributed by atoms with Gasteiger partial charge in [-0.15, -0.1) is 13.2 Å². The molecule has 2 aromatic rings. The summed E-state index contributed by atoms with van der Waals surface area (Å²) in [6.07, 6.45) is -2.69. The van der Waals surface area contributed by atoms with Crippen molar-refractivity contribution in [2.45, 2.75) is 38.6 Å². The van der Waals surface area contributed by atoms with Gasteiger partial charge in [-0.05, 0) is 55.2 Å². The molecule has 0 bridgehead atoms. The van der Waals surface area contributed by atoms with E-state index < -0.39 is 6.36 Å². The summed E-state index contributed by atoms with van der Waals surface area (Å²) in [4.78, 5) is 16.9. The van der Waals surface area contributed by atoms with Gasteiger partial charge in [-0.1, -0.05) is 24.3 Å². The van der Waals surface area contributed by atoms with Crippen molar-refractivity contribution < 1.29 is 27.4 Å². The molecule has 1 unspecified atom stereocenters. The van der Waals surface area contributed by atoms with Crippen LogP contribution in [0.4, 0.5) is 13.2 Å². The van der Waals surface area contributed by atoms with Gasteiger partial charge < -0.3 is 14.4 Å². The third-order valence-electron chi connectivity index (χ3n) is 5.81. The van der Waals surface area contributed by atoms with Crippen molar-refractivity contribution in [3.63, 3.8) is 0 Å². The Hall–Kier alpha value is -2.74. The highest BCUT2D eigenvalue weighted by atomic mass is 19.4. The minimum absolute atomic E-state index is 0.0317. The van der Waals surface area contributed by atoms with Crippen LogP contribution >= 0.6 is 0 Å². The summed E-state index contributed by atoms with van der Waals surface area (Å²) in [6, 6.07) is 13.8. The lowest BCUT2D eigenvalue weighted by molar-refractivity contribution is -0.274. The molecule has 3 rings (SSSR count). The third kappa shape index (κ3) is 6.88. The van der Waals surface area contributed by atoms with Gasteiger partial charge in [-0.2, -0.15) is 0 Å². The number of alkyl halides is 3. The second kappa shape index (κ2) is 10.7. The highest BCUT2D eigenvalue weighted by molar-refractivity contribution is 5.76. The largest absolute Gasteiger partial charge is 0.573 e. The molecule has 1 aliphatic rings. The number of amides is 1. The summed E-state index contributed by atoms with van der Waals surface area (Å²) < 4.78 is 46.2. The zero-order valence-corrected chi connectivity index (χ0v) is 18.4. The number of aryl methyl sites for hydroxylation is 1. The molecular weight excluding hydrogens is 421 g/mol. The molecule has 1 saturated heterocycles. The maximum absolute atomic E-state index is 12.7. The Morgan fingerprint density at radius 2 is 1.62 bits per heavy atom. The van der Waals surface area contributed by atoms with E-state index in [0.29, 0.717) is 25.9 Å². The van der Waals surface area contributed by atoms with Crippen LogP contribution in [0, 0.1) is 0 Å². The molecule has 1 amide bonds. The molecule has 0 aromatic heterocycles. The van der Waals surface area contributed by atoms with Crippen LogP contribution in [-0.2, 0) is 11.2 Å². The summed E-state index contributed by atoms with van der Waals surface area (Å²) in [5.74, 6) is 0.714. The van der Waals surface area contributed by atoms with Crippen molar-refractivity contribution in [1.29, 1.82) is 0 Å². The summed E-state index contributed by atoms with van der Waals surface area (Å²) >= 11 is 0. The van der Waals surface area contributed by atoms with Crippen molar-refractivity contribution in [3.8, 4) is 11.5 Å². The third-order valence-corrected chi connectivity index (χ3v) is 5.81. The lowest BCUT2D eigenvalue weighted by atomic mass is 10.1. The molecule has 0 saturated carbocycles. The van der Waals surface area contributed by atoms with Crippen molar-refractivity contribution in [1.82, 2.24) is 9.80 Å². The monoisotopic (exact) mass is 450 g/mol. The van der Waals surface area contributed by atoms with Crippen LogP contribution in [0.25, 0.3) is 0 Å². The first-order valence-electron chi connectivity index (χ1n) is 10.8. The molecule has 174 valence electrons. The number of halogens is 3. The number of ether oxygens (including phenoxy) is 2. The van der Waals surface area contributed by atoms with Crippen LogP contribution in [0.2, 0.25) is 0 Å². The summed E-state index contributed by atoms with van der Waals surface area (Å²) in [5, 5.41) is 0. The van der Waals surface area contributed by atoms with E-state index in [1.165, 1.54) is 12.1 Å². The van der Waals surface area contributed by atoms with Crippen LogP contribution in [0.3, 0.4) is 0 Å². The van der Waals surface area contributed by atoms with Gasteiger partial charge in [0.2, 0.25) is 5.91 Å². The van der Waals surface area contributed by atoms with E-state index in [-0.39, 0.29) is 17.7 Å². The lowest BCUT2D eigenvalue weighted by Crippen LogP contribution is -2.36. The molecule has 1 atom stereocenters. The van der Waals surface area contributed by atoms with Crippen LogP contribution < -0.4 is 9.47 Å². The standard InChI is InChI=1S/C24H29F3N2O3/c1-18(20-7-11-22(12-8-20)32-24(25,26)27)28-14-3-15-29(17-16-28)23(30)13-6-19-4-9-21(31-2)10-5-19/h4-5,7-12,18H,3,6,13-17H2,1-2H3. The fraction of sp³-hybridized carbons (Fsp3) is 0.458. The molecule has 1 aliphatic heterocycles. The fourth-order valence-electron chi connectivity index (χ4n) is 3.93. The maximum atomic E-state index is 12.7. The van der Waals surface area contributed by atoms with E-state index in [2.05, 4.69) is 9.64 Å². The summed E-state index contributed by atoms with van der Waals surface area (Å²) in [6.45, 7) is 4.92. The van der Waals surface area contributed by atoms with E-state index in [9.17, 15) is 18.0 Å². The normalized spacial score (nSPS) is 16.3. The first-order valence-corrected chi connectivity index (χ1v) is 10.8. The van der Waals surface area contributed by atoms with Gasteiger partial charge in [0.05, 0.1) is 7.11 Å². The molecule has 8 heteroatoms. The van der Waals surface area contributed by atoms with E-state index >= 15 is 0 Å². The van der Waals surface area contributed by atoms with Crippen LogP contribution in [0.1, 0.15) is 36.9 Å². The van der Waals surface area contributed by atoms with Gasteiger partial charge in [0, 0.05) is 38.6 Å².